The van der Waals surface area contributed by atoms with E-state index in [1.165, 1.54) is 21.3 Å². The Morgan fingerprint density at radius 2 is 1.59 bits per heavy atom. The van der Waals surface area contributed by atoms with E-state index in [4.69, 9.17) is 19.3 Å². The van der Waals surface area contributed by atoms with Crippen LogP contribution < -0.4 is 14.2 Å². The quantitative estimate of drug-likeness (QED) is 0.650. The summed E-state index contributed by atoms with van der Waals surface area (Å²) >= 11 is 0. The van der Waals surface area contributed by atoms with Gasteiger partial charge < -0.3 is 24.4 Å². The molecule has 0 spiro atoms. The number of aromatic carboxylic acids is 1. The molecule has 0 saturated carbocycles. The average Bonchev–Trinajstić information content (AvgIpc) is 2.69. The summed E-state index contributed by atoms with van der Waals surface area (Å²) in [6.07, 6.45) is 5.14. The number of carbonyl (C=O) groups is 1. The van der Waals surface area contributed by atoms with Gasteiger partial charge in [0.2, 0.25) is 5.75 Å². The van der Waals surface area contributed by atoms with Gasteiger partial charge in [-0.2, -0.15) is 0 Å². The molecule has 0 bridgehead atoms. The smallest absolute Gasteiger partial charge is 0.335 e. The van der Waals surface area contributed by atoms with Crippen LogP contribution in [-0.4, -0.2) is 44.1 Å². The van der Waals surface area contributed by atoms with E-state index >= 15 is 0 Å². The normalized spacial score (nSPS) is 10.8. The first-order chi connectivity index (χ1) is 13.0. The van der Waals surface area contributed by atoms with Gasteiger partial charge in [-0.15, -0.1) is 0 Å². The number of rotatable bonds is 9. The average molecular weight is 372 g/mol. The summed E-state index contributed by atoms with van der Waals surface area (Å²) in [7, 11) is 4.59. The first-order valence-electron chi connectivity index (χ1n) is 8.50. The van der Waals surface area contributed by atoms with Crippen molar-refractivity contribution >= 4 is 12.0 Å². The molecule has 144 valence electrons. The Morgan fingerprint density at radius 1 is 0.963 bits per heavy atom. The van der Waals surface area contributed by atoms with E-state index in [2.05, 4.69) is 0 Å². The zero-order chi connectivity index (χ0) is 19.8. The zero-order valence-corrected chi connectivity index (χ0v) is 15.7. The van der Waals surface area contributed by atoms with Crippen LogP contribution in [0.4, 0.5) is 0 Å². The lowest BCUT2D eigenvalue weighted by Gasteiger charge is -2.15. The predicted molar refractivity (Wildman–Crippen MR) is 104 cm³/mol. The highest BCUT2D eigenvalue weighted by Crippen LogP contribution is 2.41. The molecule has 2 aromatic carbocycles. The van der Waals surface area contributed by atoms with E-state index in [0.29, 0.717) is 30.1 Å². The fourth-order valence-electron chi connectivity index (χ4n) is 2.71. The standard InChI is InChI=1S/C21H24O6/c1-25-18-12-16(13-19(26-2)20(18)27-3)15-9-14(7-5-4-6-8-22)10-17(11-15)21(23)24/h5,7,9-13,22H,4,6,8H2,1-3H3,(H,23,24)/b7-5-. The van der Waals surface area contributed by atoms with Gasteiger partial charge in [0.15, 0.2) is 11.5 Å². The van der Waals surface area contributed by atoms with E-state index < -0.39 is 5.97 Å². The highest BCUT2D eigenvalue weighted by atomic mass is 16.5. The molecule has 0 atom stereocenters. The molecule has 0 amide bonds. The molecule has 0 radical (unpaired) electrons. The molecule has 0 aromatic heterocycles. The molecular weight excluding hydrogens is 348 g/mol. The van der Waals surface area contributed by atoms with Crippen LogP contribution in [0.1, 0.15) is 28.8 Å². The molecule has 0 unspecified atom stereocenters. The Labute approximate surface area is 158 Å². The van der Waals surface area contributed by atoms with Gasteiger partial charge in [0.05, 0.1) is 26.9 Å². The van der Waals surface area contributed by atoms with Gasteiger partial charge in [0, 0.05) is 6.61 Å². The third kappa shape index (κ3) is 5.01. The van der Waals surface area contributed by atoms with Crippen LogP contribution >= 0.6 is 0 Å². The minimum atomic E-state index is -1.01. The number of ether oxygens (including phenoxy) is 3. The molecule has 0 aliphatic carbocycles. The van der Waals surface area contributed by atoms with Gasteiger partial charge in [0.1, 0.15) is 0 Å². The summed E-state index contributed by atoms with van der Waals surface area (Å²) in [5.41, 5.74) is 2.41. The van der Waals surface area contributed by atoms with Crippen molar-refractivity contribution in [3.05, 3.63) is 47.5 Å². The molecule has 0 saturated heterocycles. The fraction of sp³-hybridized carbons (Fsp3) is 0.286. The molecule has 0 aliphatic heterocycles. The van der Waals surface area contributed by atoms with Gasteiger partial charge in [-0.1, -0.05) is 12.2 Å². The third-order valence-electron chi connectivity index (χ3n) is 4.04. The van der Waals surface area contributed by atoms with Crippen LogP contribution in [0, 0.1) is 0 Å². The Bertz CT molecular complexity index is 800. The van der Waals surface area contributed by atoms with E-state index in [9.17, 15) is 9.90 Å². The van der Waals surface area contributed by atoms with E-state index in [-0.39, 0.29) is 12.2 Å². The highest BCUT2D eigenvalue weighted by Gasteiger charge is 2.15. The summed E-state index contributed by atoms with van der Waals surface area (Å²) in [4.78, 5) is 11.5. The maximum absolute atomic E-state index is 11.5. The molecule has 0 heterocycles. The number of hydrogen-bond donors (Lipinski definition) is 2. The number of aliphatic hydroxyl groups excluding tert-OH is 1. The molecule has 27 heavy (non-hydrogen) atoms. The van der Waals surface area contributed by atoms with Crippen molar-refractivity contribution in [2.45, 2.75) is 12.8 Å². The molecule has 6 nitrogen and oxygen atoms in total. The minimum absolute atomic E-state index is 0.121. The number of methoxy groups -OCH3 is 3. The van der Waals surface area contributed by atoms with Crippen molar-refractivity contribution in [2.24, 2.45) is 0 Å². The van der Waals surface area contributed by atoms with Crippen LogP contribution in [-0.2, 0) is 0 Å². The van der Waals surface area contributed by atoms with Crippen molar-refractivity contribution in [1.82, 2.24) is 0 Å². The van der Waals surface area contributed by atoms with E-state index in [1.807, 2.05) is 18.2 Å². The summed E-state index contributed by atoms with van der Waals surface area (Å²) in [5.74, 6) is 0.455. The molecule has 0 aliphatic rings. The Morgan fingerprint density at radius 3 is 2.11 bits per heavy atom. The maximum atomic E-state index is 11.5. The lowest BCUT2D eigenvalue weighted by atomic mass is 9.98. The topological polar surface area (TPSA) is 85.2 Å². The number of hydrogen-bond acceptors (Lipinski definition) is 5. The maximum Gasteiger partial charge on any atom is 0.335 e. The second-order valence-electron chi connectivity index (χ2n) is 5.83. The number of unbranched alkanes of at least 4 members (excludes halogenated alkanes) is 1. The summed E-state index contributed by atoms with van der Waals surface area (Å²) in [6, 6.07) is 8.67. The van der Waals surface area contributed by atoms with E-state index in [0.717, 1.165) is 16.7 Å². The number of benzene rings is 2. The highest BCUT2D eigenvalue weighted by molar-refractivity contribution is 5.91. The lowest BCUT2D eigenvalue weighted by Crippen LogP contribution is -1.99. The van der Waals surface area contributed by atoms with Gasteiger partial charge in [-0.25, -0.2) is 4.79 Å². The molecule has 6 heteroatoms. The number of aliphatic hydroxyl groups is 1. The molecule has 0 fully saturated rings. The Hall–Kier alpha value is -2.99. The minimum Gasteiger partial charge on any atom is -0.493 e. The van der Waals surface area contributed by atoms with Crippen LogP contribution in [0.5, 0.6) is 17.2 Å². The van der Waals surface area contributed by atoms with Crippen LogP contribution in [0.15, 0.2) is 36.4 Å². The van der Waals surface area contributed by atoms with Crippen molar-refractivity contribution in [3.63, 3.8) is 0 Å². The van der Waals surface area contributed by atoms with Crippen molar-refractivity contribution in [2.75, 3.05) is 27.9 Å². The van der Waals surface area contributed by atoms with Gasteiger partial charge in [-0.05, 0) is 59.9 Å². The third-order valence-corrected chi connectivity index (χ3v) is 4.04. The first kappa shape index (κ1) is 20.3. The van der Waals surface area contributed by atoms with Crippen LogP contribution in [0.3, 0.4) is 0 Å². The summed E-state index contributed by atoms with van der Waals surface area (Å²) in [5, 5.41) is 18.3. The fourth-order valence-corrected chi connectivity index (χ4v) is 2.71. The molecular formula is C21H24O6. The second kappa shape index (κ2) is 9.64. The monoisotopic (exact) mass is 372 g/mol. The Balaban J connectivity index is 2.55. The van der Waals surface area contributed by atoms with Crippen molar-refractivity contribution in [1.29, 1.82) is 0 Å². The first-order valence-corrected chi connectivity index (χ1v) is 8.50. The molecule has 2 aromatic rings. The molecule has 2 rings (SSSR count). The Kier molecular flexibility index (Phi) is 7.25. The number of carboxylic acid groups (broad SMARTS) is 1. The van der Waals surface area contributed by atoms with Crippen molar-refractivity contribution in [3.8, 4) is 28.4 Å². The van der Waals surface area contributed by atoms with Crippen molar-refractivity contribution < 1.29 is 29.2 Å². The van der Waals surface area contributed by atoms with Gasteiger partial charge >= 0.3 is 5.97 Å². The summed E-state index contributed by atoms with van der Waals surface area (Å²) in [6.45, 7) is 0.121. The number of allylic oxidation sites excluding steroid dienone is 1. The van der Waals surface area contributed by atoms with Gasteiger partial charge in [-0.3, -0.25) is 0 Å². The second-order valence-corrected chi connectivity index (χ2v) is 5.83. The van der Waals surface area contributed by atoms with E-state index in [1.54, 1.807) is 24.3 Å². The largest absolute Gasteiger partial charge is 0.493 e. The predicted octanol–water partition coefficient (Wildman–Crippen LogP) is 3.86. The SMILES string of the molecule is COc1cc(-c2cc(/C=C\CCCO)cc(C(=O)O)c2)cc(OC)c1OC. The lowest BCUT2D eigenvalue weighted by molar-refractivity contribution is 0.0697. The van der Waals surface area contributed by atoms with Gasteiger partial charge in [0.25, 0.3) is 0 Å². The van der Waals surface area contributed by atoms with Crippen LogP contribution in [0.2, 0.25) is 0 Å². The molecule has 2 N–H and O–H groups in total. The van der Waals surface area contributed by atoms with Crippen LogP contribution in [0.25, 0.3) is 17.2 Å². The zero-order valence-electron chi connectivity index (χ0n) is 15.7. The number of carboxylic acids is 1. The summed E-state index contributed by atoms with van der Waals surface area (Å²) < 4.78 is 16.1.